The molecule has 0 atom stereocenters. The van der Waals surface area contributed by atoms with Gasteiger partial charge in [0.15, 0.2) is 0 Å². The van der Waals surface area contributed by atoms with Crippen molar-refractivity contribution in [2.24, 2.45) is 0 Å². The van der Waals surface area contributed by atoms with Crippen molar-refractivity contribution in [2.45, 2.75) is 30.6 Å². The number of unbranched alkanes of at least 4 members (excludes halogenated alkanes) is 2. The van der Waals surface area contributed by atoms with Crippen LogP contribution < -0.4 is 39.6 Å². The maximum atomic E-state index is 11.7. The van der Waals surface area contributed by atoms with Crippen molar-refractivity contribution in [3.63, 3.8) is 0 Å². The number of ether oxygens (including phenoxy) is 1. The quantitative estimate of drug-likeness (QED) is 0.208. The van der Waals surface area contributed by atoms with Crippen molar-refractivity contribution in [1.29, 1.82) is 0 Å². The van der Waals surface area contributed by atoms with Gasteiger partial charge in [0.2, 0.25) is 0 Å². The van der Waals surface area contributed by atoms with E-state index in [4.69, 9.17) is 4.74 Å². The van der Waals surface area contributed by atoms with E-state index in [2.05, 4.69) is 37.2 Å². The zero-order valence-corrected chi connectivity index (χ0v) is 21.3. The van der Waals surface area contributed by atoms with Gasteiger partial charge in [-0.15, -0.1) is 0 Å². The van der Waals surface area contributed by atoms with Crippen LogP contribution in [0.3, 0.4) is 0 Å². The van der Waals surface area contributed by atoms with Gasteiger partial charge in [-0.25, -0.2) is 8.42 Å². The molecule has 0 aliphatic carbocycles. The van der Waals surface area contributed by atoms with Crippen molar-refractivity contribution in [3.05, 3.63) is 30.3 Å². The Bertz CT molecular complexity index is 833. The van der Waals surface area contributed by atoms with Gasteiger partial charge in [-0.1, -0.05) is 56.1 Å². The number of rotatable bonds is 11. The summed E-state index contributed by atoms with van der Waals surface area (Å²) < 4.78 is 41.1. The summed E-state index contributed by atoms with van der Waals surface area (Å²) >= 11 is 6.79. The monoisotopic (exact) mass is 529 g/mol. The molecule has 0 radical (unpaired) electrons. The number of alkyl halides is 2. The van der Waals surface area contributed by atoms with E-state index >= 15 is 0 Å². The average molecular weight is 531 g/mol. The van der Waals surface area contributed by atoms with Crippen LogP contribution in [-0.4, -0.2) is 36.8 Å². The molecule has 0 amide bonds. The molecule has 0 unspecified atom stereocenters. The average Bonchev–Trinajstić information content (AvgIpc) is 2.62. The van der Waals surface area contributed by atoms with E-state index in [1.165, 1.54) is 6.07 Å². The Morgan fingerprint density at radius 1 is 1.00 bits per heavy atom. The summed E-state index contributed by atoms with van der Waals surface area (Å²) in [7, 11) is -4.60. The molecule has 2 aromatic rings. The first kappa shape index (κ1) is 25.2. The third kappa shape index (κ3) is 7.49. The minimum Gasteiger partial charge on any atom is -0.744 e. The minimum absolute atomic E-state index is 0. The molecule has 2 rings (SSSR count). The molecule has 0 heterocycles. The molecule has 0 aliphatic rings. The topological polar surface area (TPSA) is 78.5 Å². The molecule has 144 valence electrons. The van der Waals surface area contributed by atoms with Gasteiger partial charge in [0.1, 0.15) is 15.9 Å². The second-order valence-corrected chi connectivity index (χ2v) is 8.75. The molecule has 9 heteroatoms. The number of anilines is 1. The summed E-state index contributed by atoms with van der Waals surface area (Å²) in [4.78, 5) is -0.241. The maximum Gasteiger partial charge on any atom is 1.00 e. The molecular weight excluding hydrogens is 509 g/mol. The van der Waals surface area contributed by atoms with E-state index in [1.807, 2.05) is 12.1 Å². The fourth-order valence-corrected chi connectivity index (χ4v) is 4.12. The molecular formula is C18H22Br2NNaO4S. The number of benzene rings is 2. The number of nitrogens with one attached hydrogen (secondary N) is 1. The SMILES string of the molecule is O=S(=O)([O-])c1cc(OCCCCBr)c(NCCCCBr)c2ccccc12.[Na+]. The number of halogens is 2. The first-order valence-electron chi connectivity index (χ1n) is 8.49. The molecule has 0 saturated carbocycles. The summed E-state index contributed by atoms with van der Waals surface area (Å²) in [5.41, 5.74) is 0.737. The van der Waals surface area contributed by atoms with Gasteiger partial charge in [-0.2, -0.15) is 0 Å². The Morgan fingerprint density at radius 3 is 2.26 bits per heavy atom. The predicted octanol–water partition coefficient (Wildman–Crippen LogP) is 1.89. The fourth-order valence-electron chi connectivity index (χ4n) is 2.63. The van der Waals surface area contributed by atoms with Crippen LogP contribution in [0.25, 0.3) is 10.8 Å². The summed E-state index contributed by atoms with van der Waals surface area (Å²) in [5, 5.41) is 6.26. The maximum absolute atomic E-state index is 11.7. The second-order valence-electron chi connectivity index (χ2n) is 5.81. The zero-order chi connectivity index (χ0) is 19.0. The van der Waals surface area contributed by atoms with Crippen LogP contribution in [-0.2, 0) is 10.1 Å². The normalized spacial score (nSPS) is 11.2. The smallest absolute Gasteiger partial charge is 0.744 e. The largest absolute Gasteiger partial charge is 1.00 e. The van der Waals surface area contributed by atoms with Gasteiger partial charge in [0, 0.05) is 34.0 Å². The Kier molecular flexibility index (Phi) is 11.8. The van der Waals surface area contributed by atoms with Crippen LogP contribution in [0, 0.1) is 0 Å². The Balaban J connectivity index is 0.00000364. The first-order valence-corrected chi connectivity index (χ1v) is 12.1. The van der Waals surface area contributed by atoms with Gasteiger partial charge in [-0.3, -0.25) is 0 Å². The van der Waals surface area contributed by atoms with Crippen LogP contribution in [0.15, 0.2) is 35.2 Å². The molecule has 2 aromatic carbocycles. The van der Waals surface area contributed by atoms with E-state index in [1.54, 1.807) is 12.1 Å². The minimum atomic E-state index is -4.60. The van der Waals surface area contributed by atoms with Crippen molar-refractivity contribution < 1.29 is 47.3 Å². The number of fused-ring (bicyclic) bond motifs is 1. The van der Waals surface area contributed by atoms with Gasteiger partial charge in [0.05, 0.1) is 17.2 Å². The molecule has 27 heavy (non-hydrogen) atoms. The van der Waals surface area contributed by atoms with Gasteiger partial charge in [0.25, 0.3) is 0 Å². The summed E-state index contributed by atoms with van der Waals surface area (Å²) in [5.74, 6) is 0.409. The third-order valence-electron chi connectivity index (χ3n) is 3.89. The summed E-state index contributed by atoms with van der Waals surface area (Å²) in [6.07, 6.45) is 3.78. The van der Waals surface area contributed by atoms with Crippen molar-refractivity contribution in [2.75, 3.05) is 29.1 Å². The van der Waals surface area contributed by atoms with Crippen LogP contribution in [0.2, 0.25) is 0 Å². The Morgan fingerprint density at radius 2 is 1.63 bits per heavy atom. The van der Waals surface area contributed by atoms with E-state index in [9.17, 15) is 13.0 Å². The van der Waals surface area contributed by atoms with Crippen LogP contribution >= 0.6 is 31.9 Å². The molecule has 5 nitrogen and oxygen atoms in total. The third-order valence-corrected chi connectivity index (χ3v) is 5.89. The van der Waals surface area contributed by atoms with E-state index in [0.29, 0.717) is 23.1 Å². The fraction of sp³-hybridized carbons (Fsp3) is 0.444. The second kappa shape index (κ2) is 12.7. The van der Waals surface area contributed by atoms with Gasteiger partial charge < -0.3 is 14.6 Å². The Hall–Kier alpha value is 0.170. The van der Waals surface area contributed by atoms with E-state index < -0.39 is 10.1 Å². The molecule has 0 fully saturated rings. The van der Waals surface area contributed by atoms with Gasteiger partial charge >= 0.3 is 29.6 Å². The summed E-state index contributed by atoms with van der Waals surface area (Å²) in [6.45, 7) is 1.19. The van der Waals surface area contributed by atoms with E-state index in [-0.39, 0.29) is 34.5 Å². The molecule has 0 spiro atoms. The van der Waals surface area contributed by atoms with E-state index in [0.717, 1.165) is 48.6 Å². The van der Waals surface area contributed by atoms with Crippen LogP contribution in [0.1, 0.15) is 25.7 Å². The first-order chi connectivity index (χ1) is 12.5. The number of hydrogen-bond donors (Lipinski definition) is 1. The molecule has 0 saturated heterocycles. The zero-order valence-electron chi connectivity index (χ0n) is 15.3. The standard InChI is InChI=1S/C18H23Br2NO4S.Na/c19-9-3-5-11-21-18-15-8-2-1-7-14(15)17(26(22,23)24)13-16(18)25-12-6-4-10-20;/h1-2,7-8,13,21H,3-6,9-12H2,(H,22,23,24);/q;+1/p-1. The van der Waals surface area contributed by atoms with Gasteiger partial charge in [-0.05, 0) is 25.7 Å². The van der Waals surface area contributed by atoms with Crippen molar-refractivity contribution in [3.8, 4) is 5.75 Å². The van der Waals surface area contributed by atoms with Crippen molar-refractivity contribution in [1.82, 2.24) is 0 Å². The molecule has 0 aromatic heterocycles. The summed E-state index contributed by atoms with van der Waals surface area (Å²) in [6, 6.07) is 8.36. The van der Waals surface area contributed by atoms with Crippen LogP contribution in [0.4, 0.5) is 5.69 Å². The predicted molar refractivity (Wildman–Crippen MR) is 112 cm³/mol. The molecule has 1 N–H and O–H groups in total. The number of hydrogen-bond acceptors (Lipinski definition) is 5. The molecule has 0 aliphatic heterocycles. The van der Waals surface area contributed by atoms with Crippen molar-refractivity contribution >= 4 is 58.4 Å². The van der Waals surface area contributed by atoms with Crippen LogP contribution in [0.5, 0.6) is 5.75 Å². The molecule has 0 bridgehead atoms. The Labute approximate surface area is 199 Å².